The standard InChI is InChI=1S/C14H19N5/c1-15-14(16-2)17-8-13-9-18-19(11-13)10-12-6-4-3-5-7-12/h3-7,9,11H,8,10H2,1-2H3,(H2,15,16,17). The molecule has 0 unspecified atom stereocenters. The maximum Gasteiger partial charge on any atom is 0.190 e. The summed E-state index contributed by atoms with van der Waals surface area (Å²) < 4.78 is 1.94. The van der Waals surface area contributed by atoms with Gasteiger partial charge in [0.15, 0.2) is 5.96 Å². The van der Waals surface area contributed by atoms with Crippen LogP contribution in [0.3, 0.4) is 0 Å². The molecule has 2 rings (SSSR count). The topological polar surface area (TPSA) is 54.2 Å². The second-order valence-corrected chi connectivity index (χ2v) is 4.21. The molecule has 0 saturated heterocycles. The highest BCUT2D eigenvalue weighted by molar-refractivity contribution is 5.79. The van der Waals surface area contributed by atoms with Gasteiger partial charge in [-0.3, -0.25) is 9.67 Å². The number of aliphatic imine (C=N–C) groups is 1. The molecule has 0 bridgehead atoms. The van der Waals surface area contributed by atoms with Gasteiger partial charge in [0.25, 0.3) is 0 Å². The van der Waals surface area contributed by atoms with Crippen molar-refractivity contribution in [3.63, 3.8) is 0 Å². The number of nitrogens with one attached hydrogen (secondary N) is 2. The van der Waals surface area contributed by atoms with Gasteiger partial charge in [0.1, 0.15) is 0 Å². The van der Waals surface area contributed by atoms with E-state index >= 15 is 0 Å². The van der Waals surface area contributed by atoms with Crippen molar-refractivity contribution >= 4 is 5.96 Å². The van der Waals surface area contributed by atoms with Gasteiger partial charge in [-0.1, -0.05) is 30.3 Å². The first-order valence-corrected chi connectivity index (χ1v) is 6.25. The van der Waals surface area contributed by atoms with Crippen molar-refractivity contribution in [3.05, 3.63) is 53.9 Å². The van der Waals surface area contributed by atoms with Crippen molar-refractivity contribution in [2.75, 3.05) is 14.1 Å². The predicted molar refractivity (Wildman–Crippen MR) is 77.0 cm³/mol. The van der Waals surface area contributed by atoms with E-state index in [4.69, 9.17) is 0 Å². The lowest BCUT2D eigenvalue weighted by Crippen LogP contribution is -2.33. The minimum atomic E-state index is 0.711. The second kappa shape index (κ2) is 6.58. The highest BCUT2D eigenvalue weighted by atomic mass is 15.3. The van der Waals surface area contributed by atoms with Crippen molar-refractivity contribution < 1.29 is 0 Å². The first-order valence-electron chi connectivity index (χ1n) is 6.25. The van der Waals surface area contributed by atoms with Crippen molar-refractivity contribution in [1.29, 1.82) is 0 Å². The SMILES string of the molecule is CN=C(NC)NCc1cnn(Cc2ccccc2)c1. The van der Waals surface area contributed by atoms with E-state index in [1.54, 1.807) is 7.05 Å². The highest BCUT2D eigenvalue weighted by Crippen LogP contribution is 2.03. The number of rotatable bonds is 4. The molecule has 1 heterocycles. The second-order valence-electron chi connectivity index (χ2n) is 4.21. The molecular weight excluding hydrogens is 238 g/mol. The molecule has 0 spiro atoms. The quantitative estimate of drug-likeness (QED) is 0.640. The Hall–Kier alpha value is -2.30. The van der Waals surface area contributed by atoms with Gasteiger partial charge in [-0.15, -0.1) is 0 Å². The van der Waals surface area contributed by atoms with Crippen LogP contribution in [0, 0.1) is 0 Å². The molecule has 2 N–H and O–H groups in total. The van der Waals surface area contributed by atoms with Crippen LogP contribution in [0.5, 0.6) is 0 Å². The van der Waals surface area contributed by atoms with Crippen molar-refractivity contribution in [2.24, 2.45) is 4.99 Å². The van der Waals surface area contributed by atoms with Crippen LogP contribution in [0.15, 0.2) is 47.7 Å². The first-order chi connectivity index (χ1) is 9.31. The van der Waals surface area contributed by atoms with E-state index in [0.29, 0.717) is 6.54 Å². The molecule has 1 aromatic carbocycles. The van der Waals surface area contributed by atoms with Gasteiger partial charge in [-0.05, 0) is 5.56 Å². The summed E-state index contributed by atoms with van der Waals surface area (Å²) in [4.78, 5) is 4.06. The number of aromatic nitrogens is 2. The summed E-state index contributed by atoms with van der Waals surface area (Å²) in [6.07, 6.45) is 3.92. The molecule has 0 saturated carbocycles. The summed E-state index contributed by atoms with van der Waals surface area (Å²) in [5.41, 5.74) is 2.38. The third-order valence-corrected chi connectivity index (χ3v) is 2.79. The predicted octanol–water partition coefficient (Wildman–Crippen LogP) is 1.23. The molecule has 19 heavy (non-hydrogen) atoms. The highest BCUT2D eigenvalue weighted by Gasteiger charge is 2.00. The number of guanidine groups is 1. The summed E-state index contributed by atoms with van der Waals surface area (Å²) in [6.45, 7) is 1.50. The van der Waals surface area contributed by atoms with Crippen molar-refractivity contribution in [1.82, 2.24) is 20.4 Å². The van der Waals surface area contributed by atoms with Gasteiger partial charge in [-0.25, -0.2) is 0 Å². The van der Waals surface area contributed by atoms with E-state index in [-0.39, 0.29) is 0 Å². The Morgan fingerprint density at radius 1 is 1.26 bits per heavy atom. The number of hydrogen-bond donors (Lipinski definition) is 2. The van der Waals surface area contributed by atoms with Crippen LogP contribution in [0.25, 0.3) is 0 Å². The number of benzene rings is 1. The molecule has 0 aliphatic rings. The molecule has 0 aliphatic carbocycles. The summed E-state index contributed by atoms with van der Waals surface area (Å²) in [5, 5.41) is 10.5. The van der Waals surface area contributed by atoms with E-state index < -0.39 is 0 Å². The Balaban J connectivity index is 1.92. The molecule has 0 amide bonds. The van der Waals surface area contributed by atoms with Crippen LogP contribution < -0.4 is 10.6 Å². The fourth-order valence-electron chi connectivity index (χ4n) is 1.82. The average molecular weight is 257 g/mol. The zero-order chi connectivity index (χ0) is 13.5. The van der Waals surface area contributed by atoms with Crippen LogP contribution in [0.2, 0.25) is 0 Å². The molecule has 5 heteroatoms. The van der Waals surface area contributed by atoms with Crippen LogP contribution in [0.1, 0.15) is 11.1 Å². The lowest BCUT2D eigenvalue weighted by molar-refractivity contribution is 0.685. The van der Waals surface area contributed by atoms with E-state index in [2.05, 4.69) is 32.9 Å². The Labute approximate surface area is 113 Å². The lowest BCUT2D eigenvalue weighted by Gasteiger charge is -2.06. The number of nitrogens with zero attached hydrogens (tertiary/aromatic N) is 3. The maximum absolute atomic E-state index is 4.36. The van der Waals surface area contributed by atoms with Crippen molar-refractivity contribution in [3.8, 4) is 0 Å². The maximum atomic E-state index is 4.36. The Morgan fingerprint density at radius 2 is 2.05 bits per heavy atom. The summed E-state index contributed by atoms with van der Waals surface area (Å²) in [6, 6.07) is 10.3. The van der Waals surface area contributed by atoms with Gasteiger partial charge >= 0.3 is 0 Å². The normalized spacial score (nSPS) is 11.4. The first kappa shape index (κ1) is 13.1. The number of hydrogen-bond acceptors (Lipinski definition) is 2. The van der Waals surface area contributed by atoms with E-state index in [0.717, 1.165) is 18.1 Å². The van der Waals surface area contributed by atoms with E-state index in [1.165, 1.54) is 5.56 Å². The molecule has 0 aliphatic heterocycles. The van der Waals surface area contributed by atoms with Gasteiger partial charge in [0.2, 0.25) is 0 Å². The molecule has 2 aromatic rings. The Morgan fingerprint density at radius 3 is 2.74 bits per heavy atom. The minimum absolute atomic E-state index is 0.711. The fourth-order valence-corrected chi connectivity index (χ4v) is 1.82. The van der Waals surface area contributed by atoms with Gasteiger partial charge in [-0.2, -0.15) is 5.10 Å². The van der Waals surface area contributed by atoms with E-state index in [1.807, 2.05) is 42.3 Å². The van der Waals surface area contributed by atoms with Crippen LogP contribution >= 0.6 is 0 Å². The van der Waals surface area contributed by atoms with Crippen molar-refractivity contribution in [2.45, 2.75) is 13.1 Å². The largest absolute Gasteiger partial charge is 0.359 e. The fraction of sp³-hybridized carbons (Fsp3) is 0.286. The van der Waals surface area contributed by atoms with Crippen LogP contribution in [-0.4, -0.2) is 29.8 Å². The zero-order valence-corrected chi connectivity index (χ0v) is 11.3. The van der Waals surface area contributed by atoms with Crippen LogP contribution in [0.4, 0.5) is 0 Å². The molecule has 0 fully saturated rings. The summed E-state index contributed by atoms with van der Waals surface area (Å²) in [5.74, 6) is 0.774. The average Bonchev–Trinajstić information content (AvgIpc) is 2.89. The molecule has 0 atom stereocenters. The summed E-state index contributed by atoms with van der Waals surface area (Å²) >= 11 is 0. The monoisotopic (exact) mass is 257 g/mol. The molecular formula is C14H19N5. The third kappa shape index (κ3) is 3.84. The molecule has 5 nitrogen and oxygen atoms in total. The molecule has 1 aromatic heterocycles. The minimum Gasteiger partial charge on any atom is -0.359 e. The smallest absolute Gasteiger partial charge is 0.190 e. The van der Waals surface area contributed by atoms with Crippen LogP contribution in [-0.2, 0) is 13.1 Å². The molecule has 0 radical (unpaired) electrons. The zero-order valence-electron chi connectivity index (χ0n) is 11.3. The van der Waals surface area contributed by atoms with Gasteiger partial charge in [0, 0.05) is 32.4 Å². The Bertz CT molecular complexity index is 530. The Kier molecular flexibility index (Phi) is 4.55. The molecule has 100 valence electrons. The lowest BCUT2D eigenvalue weighted by atomic mass is 10.2. The van der Waals surface area contributed by atoms with E-state index in [9.17, 15) is 0 Å². The third-order valence-electron chi connectivity index (χ3n) is 2.79. The van der Waals surface area contributed by atoms with Gasteiger partial charge < -0.3 is 10.6 Å². The summed E-state index contributed by atoms with van der Waals surface area (Å²) in [7, 11) is 3.59. The van der Waals surface area contributed by atoms with Gasteiger partial charge in [0.05, 0.1) is 12.7 Å².